The minimum Gasteiger partial charge on any atom is -0.493 e. The van der Waals surface area contributed by atoms with E-state index >= 15 is 0 Å². The van der Waals surface area contributed by atoms with Gasteiger partial charge < -0.3 is 19.5 Å². The second-order valence-electron chi connectivity index (χ2n) is 7.68. The molecule has 0 heterocycles. The van der Waals surface area contributed by atoms with E-state index in [1.54, 1.807) is 24.3 Å². The normalized spacial score (nSPS) is 10.4. The van der Waals surface area contributed by atoms with Gasteiger partial charge in [0.2, 0.25) is 0 Å². The summed E-state index contributed by atoms with van der Waals surface area (Å²) in [6.45, 7) is 5.62. The first kappa shape index (κ1) is 24.1. The summed E-state index contributed by atoms with van der Waals surface area (Å²) in [5.41, 5.74) is 1.20. The molecule has 33 heavy (non-hydrogen) atoms. The molecule has 0 atom stereocenters. The van der Waals surface area contributed by atoms with Crippen molar-refractivity contribution in [3.05, 3.63) is 84.4 Å². The summed E-state index contributed by atoms with van der Waals surface area (Å²) in [6, 6.07) is 23.9. The topological polar surface area (TPSA) is 68.8 Å². The number of para-hydroxylation sites is 1. The number of anilines is 1. The second kappa shape index (κ2) is 12.5. The molecule has 172 valence electrons. The molecule has 3 aromatic carbocycles. The largest absolute Gasteiger partial charge is 0.493 e. The van der Waals surface area contributed by atoms with Gasteiger partial charge in [0.1, 0.15) is 30.5 Å². The first-order chi connectivity index (χ1) is 16.0. The molecule has 2 N–H and O–H groups in total. The van der Waals surface area contributed by atoms with Gasteiger partial charge in [-0.25, -0.2) is 0 Å². The van der Waals surface area contributed by atoms with Gasteiger partial charge >= 0.3 is 0 Å². The van der Waals surface area contributed by atoms with E-state index in [2.05, 4.69) is 24.5 Å². The third-order valence-electron chi connectivity index (χ3n) is 4.38. The lowest BCUT2D eigenvalue weighted by atomic mass is 10.2. The van der Waals surface area contributed by atoms with E-state index in [0.29, 0.717) is 42.7 Å². The molecule has 3 aromatic rings. The maximum absolute atomic E-state index is 12.5. The van der Waals surface area contributed by atoms with Crippen molar-refractivity contribution in [1.29, 1.82) is 0 Å². The molecule has 6 nitrogen and oxygen atoms in total. The summed E-state index contributed by atoms with van der Waals surface area (Å²) >= 11 is 5.28. The Bertz CT molecular complexity index is 1040. The molecule has 0 aliphatic rings. The third kappa shape index (κ3) is 8.46. The number of rotatable bonds is 10. The van der Waals surface area contributed by atoms with Crippen LogP contribution in [0.25, 0.3) is 0 Å². The lowest BCUT2D eigenvalue weighted by molar-refractivity contribution is 0.0977. The molecule has 0 aliphatic carbocycles. The fraction of sp³-hybridized carbons (Fsp3) is 0.231. The minimum atomic E-state index is -0.298. The molecule has 0 aromatic heterocycles. The molecule has 0 saturated carbocycles. The van der Waals surface area contributed by atoms with Gasteiger partial charge in [-0.3, -0.25) is 10.1 Å². The lowest BCUT2D eigenvalue weighted by Gasteiger charge is -2.12. The highest BCUT2D eigenvalue weighted by Crippen LogP contribution is 2.18. The molecule has 1 amide bonds. The van der Waals surface area contributed by atoms with E-state index in [9.17, 15) is 4.79 Å². The zero-order chi connectivity index (χ0) is 23.5. The number of hydrogen-bond acceptors (Lipinski definition) is 5. The first-order valence-corrected chi connectivity index (χ1v) is 11.2. The highest BCUT2D eigenvalue weighted by molar-refractivity contribution is 7.80. The summed E-state index contributed by atoms with van der Waals surface area (Å²) in [7, 11) is 0. The zero-order valence-corrected chi connectivity index (χ0v) is 19.6. The number of hydrogen-bond donors (Lipinski definition) is 2. The number of ether oxygens (including phenoxy) is 3. The molecule has 7 heteroatoms. The van der Waals surface area contributed by atoms with Gasteiger partial charge in [0.05, 0.1) is 6.61 Å². The highest BCUT2D eigenvalue weighted by atomic mass is 32.1. The predicted octanol–water partition coefficient (Wildman–Crippen LogP) is 5.31. The Balaban J connectivity index is 1.44. The summed E-state index contributed by atoms with van der Waals surface area (Å²) in [4.78, 5) is 12.5. The van der Waals surface area contributed by atoms with Gasteiger partial charge in [-0.15, -0.1) is 0 Å². The van der Waals surface area contributed by atoms with Crippen molar-refractivity contribution in [1.82, 2.24) is 5.32 Å². The maximum atomic E-state index is 12.5. The lowest BCUT2D eigenvalue weighted by Crippen LogP contribution is -2.34. The van der Waals surface area contributed by atoms with E-state index in [1.807, 2.05) is 54.6 Å². The first-order valence-electron chi connectivity index (χ1n) is 10.8. The standard InChI is InChI=1S/C26H28N2O4S/c1-19(2)18-32-23-13-11-20(12-14-23)25(29)28-26(33)27-21-7-6-10-24(17-21)31-16-15-30-22-8-4-3-5-9-22/h3-14,17,19H,15-16,18H2,1-2H3,(H2,27,28,29,33). The fourth-order valence-electron chi connectivity index (χ4n) is 2.80. The highest BCUT2D eigenvalue weighted by Gasteiger charge is 2.09. The van der Waals surface area contributed by atoms with E-state index in [1.165, 1.54) is 0 Å². The quantitative estimate of drug-likeness (QED) is 0.313. The molecule has 0 fully saturated rings. The molecule has 3 rings (SSSR count). The number of nitrogens with one attached hydrogen (secondary N) is 2. The van der Waals surface area contributed by atoms with Crippen molar-refractivity contribution in [3.63, 3.8) is 0 Å². The van der Waals surface area contributed by atoms with Crippen LogP contribution in [0.15, 0.2) is 78.9 Å². The number of carbonyl (C=O) groups is 1. The summed E-state index contributed by atoms with van der Waals surface area (Å²) in [5, 5.41) is 5.89. The van der Waals surface area contributed by atoms with E-state index in [0.717, 1.165) is 11.5 Å². The van der Waals surface area contributed by atoms with Crippen LogP contribution in [-0.2, 0) is 0 Å². The van der Waals surface area contributed by atoms with Crippen molar-refractivity contribution in [3.8, 4) is 17.2 Å². The molecule has 0 radical (unpaired) electrons. The van der Waals surface area contributed by atoms with Crippen LogP contribution in [0.3, 0.4) is 0 Å². The molecule has 0 saturated heterocycles. The molecule has 0 unspecified atom stereocenters. The molecular formula is C26H28N2O4S. The Kier molecular flexibility index (Phi) is 9.08. The van der Waals surface area contributed by atoms with Crippen LogP contribution in [-0.4, -0.2) is 30.8 Å². The number of thiocarbonyl (C=S) groups is 1. The Morgan fingerprint density at radius 1 is 0.818 bits per heavy atom. The number of benzene rings is 3. The van der Waals surface area contributed by atoms with Crippen LogP contribution < -0.4 is 24.8 Å². The monoisotopic (exact) mass is 464 g/mol. The third-order valence-corrected chi connectivity index (χ3v) is 4.59. The van der Waals surface area contributed by atoms with Crippen LogP contribution >= 0.6 is 12.2 Å². The average molecular weight is 465 g/mol. The Hall–Kier alpha value is -3.58. The fourth-order valence-corrected chi connectivity index (χ4v) is 3.01. The number of amides is 1. The van der Waals surface area contributed by atoms with Crippen LogP contribution in [0.5, 0.6) is 17.2 Å². The summed E-state index contributed by atoms with van der Waals surface area (Å²) < 4.78 is 17.0. The Morgan fingerprint density at radius 2 is 1.45 bits per heavy atom. The van der Waals surface area contributed by atoms with Crippen LogP contribution in [0, 0.1) is 5.92 Å². The number of carbonyl (C=O) groups excluding carboxylic acids is 1. The van der Waals surface area contributed by atoms with Crippen molar-refractivity contribution in [2.75, 3.05) is 25.1 Å². The van der Waals surface area contributed by atoms with Gasteiger partial charge in [0.25, 0.3) is 5.91 Å². The van der Waals surface area contributed by atoms with E-state index < -0.39 is 0 Å². The van der Waals surface area contributed by atoms with Gasteiger partial charge in [-0.1, -0.05) is 38.1 Å². The van der Waals surface area contributed by atoms with Crippen LogP contribution in [0.1, 0.15) is 24.2 Å². The average Bonchev–Trinajstić information content (AvgIpc) is 2.81. The van der Waals surface area contributed by atoms with Gasteiger partial charge in [-0.2, -0.15) is 0 Å². The molecule has 0 spiro atoms. The molecule has 0 aliphatic heterocycles. The van der Waals surface area contributed by atoms with Gasteiger partial charge in [0.15, 0.2) is 5.11 Å². The predicted molar refractivity (Wildman–Crippen MR) is 134 cm³/mol. The van der Waals surface area contributed by atoms with Gasteiger partial charge in [-0.05, 0) is 66.7 Å². The molecular weight excluding hydrogens is 436 g/mol. The van der Waals surface area contributed by atoms with E-state index in [-0.39, 0.29) is 11.0 Å². The Labute approximate surface area is 199 Å². The summed E-state index contributed by atoms with van der Waals surface area (Å²) in [6.07, 6.45) is 0. The van der Waals surface area contributed by atoms with Crippen molar-refractivity contribution in [2.24, 2.45) is 5.92 Å². The second-order valence-corrected chi connectivity index (χ2v) is 8.08. The molecule has 0 bridgehead atoms. The van der Waals surface area contributed by atoms with E-state index in [4.69, 9.17) is 26.4 Å². The SMILES string of the molecule is CC(C)COc1ccc(C(=O)NC(=S)Nc2cccc(OCCOc3ccccc3)c2)cc1. The zero-order valence-electron chi connectivity index (χ0n) is 18.7. The smallest absolute Gasteiger partial charge is 0.257 e. The van der Waals surface area contributed by atoms with Gasteiger partial charge in [0, 0.05) is 17.3 Å². The maximum Gasteiger partial charge on any atom is 0.257 e. The summed E-state index contributed by atoms with van der Waals surface area (Å²) in [5.74, 6) is 2.33. The van der Waals surface area contributed by atoms with Crippen molar-refractivity contribution < 1.29 is 19.0 Å². The Morgan fingerprint density at radius 3 is 2.15 bits per heavy atom. The van der Waals surface area contributed by atoms with Crippen molar-refractivity contribution >= 4 is 28.9 Å². The minimum absolute atomic E-state index is 0.199. The van der Waals surface area contributed by atoms with Crippen LogP contribution in [0.2, 0.25) is 0 Å². The van der Waals surface area contributed by atoms with Crippen LogP contribution in [0.4, 0.5) is 5.69 Å². The van der Waals surface area contributed by atoms with Crippen molar-refractivity contribution in [2.45, 2.75) is 13.8 Å².